The Bertz CT molecular complexity index is 230. The molecule has 4 nitrogen and oxygen atoms in total. The first-order chi connectivity index (χ1) is 8.35. The Hall–Kier alpha value is -0.580. The summed E-state index contributed by atoms with van der Waals surface area (Å²) in [4.78, 5) is 7.60. The van der Waals surface area contributed by atoms with Crippen LogP contribution in [-0.2, 0) is 0 Å². The predicted octanol–water partition coefficient (Wildman–Crippen LogP) is 0.389. The van der Waals surface area contributed by atoms with Crippen LogP contribution in [-0.4, -0.2) is 73.2 Å². The lowest BCUT2D eigenvalue weighted by Crippen LogP contribution is -2.58. The van der Waals surface area contributed by atoms with Crippen LogP contribution in [0.5, 0.6) is 0 Å². The fourth-order valence-corrected chi connectivity index (χ4v) is 2.95. The van der Waals surface area contributed by atoms with Crippen LogP contribution >= 0.6 is 0 Å². The van der Waals surface area contributed by atoms with E-state index >= 15 is 0 Å². The van der Waals surface area contributed by atoms with Gasteiger partial charge in [-0.05, 0) is 12.6 Å². The summed E-state index contributed by atoms with van der Waals surface area (Å²) < 4.78 is 0. The molecule has 0 aliphatic carbocycles. The molecule has 2 rings (SSSR count). The smallest absolute Gasteiger partial charge is 0.0621 e. The molecule has 0 aromatic heterocycles. The maximum atomic E-state index is 3.85. The van der Waals surface area contributed by atoms with Crippen LogP contribution in [0.2, 0.25) is 0 Å². The highest BCUT2D eigenvalue weighted by molar-refractivity contribution is 4.83. The van der Waals surface area contributed by atoms with E-state index in [0.717, 1.165) is 26.2 Å². The fourth-order valence-electron chi connectivity index (χ4n) is 2.95. The minimum absolute atomic E-state index is 0.643. The van der Waals surface area contributed by atoms with E-state index in [0.29, 0.717) is 6.17 Å². The summed E-state index contributed by atoms with van der Waals surface area (Å²) in [6, 6.07) is 0. The number of piperazine rings is 2. The zero-order chi connectivity index (χ0) is 12.1. The van der Waals surface area contributed by atoms with E-state index in [-0.39, 0.29) is 0 Å². The van der Waals surface area contributed by atoms with Gasteiger partial charge in [-0.3, -0.25) is 9.80 Å². The second-order valence-electron chi connectivity index (χ2n) is 4.93. The van der Waals surface area contributed by atoms with Crippen LogP contribution in [0.1, 0.15) is 13.3 Å². The van der Waals surface area contributed by atoms with Crippen LogP contribution in [0.25, 0.3) is 0 Å². The molecular weight excluding hydrogens is 212 g/mol. The van der Waals surface area contributed by atoms with Gasteiger partial charge in [0.1, 0.15) is 0 Å². The number of nitrogens with zero attached hydrogens (tertiary/aromatic N) is 3. The number of hydrogen-bond donors (Lipinski definition) is 1. The number of nitrogens with one attached hydrogen (secondary N) is 1. The van der Waals surface area contributed by atoms with Gasteiger partial charge in [0.25, 0.3) is 0 Å². The van der Waals surface area contributed by atoms with Crippen LogP contribution in [0.4, 0.5) is 0 Å². The predicted molar refractivity (Wildman–Crippen MR) is 71.9 cm³/mol. The van der Waals surface area contributed by atoms with E-state index < -0.39 is 0 Å². The van der Waals surface area contributed by atoms with E-state index in [1.54, 1.807) is 0 Å². The van der Waals surface area contributed by atoms with Gasteiger partial charge < -0.3 is 10.2 Å². The van der Waals surface area contributed by atoms with Crippen molar-refractivity contribution in [2.75, 3.05) is 52.4 Å². The van der Waals surface area contributed by atoms with Crippen molar-refractivity contribution in [2.45, 2.75) is 19.5 Å². The Morgan fingerprint density at radius 3 is 2.18 bits per heavy atom. The molecule has 0 saturated carbocycles. The van der Waals surface area contributed by atoms with Gasteiger partial charge in [0.05, 0.1) is 6.17 Å². The van der Waals surface area contributed by atoms with Gasteiger partial charge in [-0.1, -0.05) is 13.5 Å². The van der Waals surface area contributed by atoms with Crippen molar-refractivity contribution in [3.8, 4) is 0 Å². The maximum absolute atomic E-state index is 3.85. The molecule has 0 spiro atoms. The Balaban J connectivity index is 1.87. The van der Waals surface area contributed by atoms with Crippen molar-refractivity contribution < 1.29 is 0 Å². The highest BCUT2D eigenvalue weighted by atomic mass is 15.4. The zero-order valence-corrected chi connectivity index (χ0v) is 11.1. The van der Waals surface area contributed by atoms with Gasteiger partial charge >= 0.3 is 0 Å². The zero-order valence-electron chi connectivity index (χ0n) is 11.1. The van der Waals surface area contributed by atoms with Gasteiger partial charge in [-0.25, -0.2) is 0 Å². The molecule has 1 atom stereocenters. The molecular formula is C13H26N4. The van der Waals surface area contributed by atoms with Gasteiger partial charge in [0.2, 0.25) is 0 Å². The highest BCUT2D eigenvalue weighted by Gasteiger charge is 2.26. The second-order valence-corrected chi connectivity index (χ2v) is 4.93. The Morgan fingerprint density at radius 1 is 1.06 bits per heavy atom. The number of hydrogen-bond acceptors (Lipinski definition) is 4. The standard InChI is InChI=1S/C13H26N4/c1-3-13(16-7-5-14-6-8-16)17-11-9-15(4-2)10-12-17/h4,13-14H,2-3,5-12H2,1H3. The normalized spacial score (nSPS) is 25.8. The summed E-state index contributed by atoms with van der Waals surface area (Å²) in [6.45, 7) is 15.5. The Morgan fingerprint density at radius 2 is 1.65 bits per heavy atom. The van der Waals surface area contributed by atoms with Gasteiger partial charge in [0.15, 0.2) is 0 Å². The summed E-state index contributed by atoms with van der Waals surface area (Å²) in [5.74, 6) is 0. The molecule has 17 heavy (non-hydrogen) atoms. The first-order valence-corrected chi connectivity index (χ1v) is 6.90. The third-order valence-electron chi connectivity index (χ3n) is 3.97. The van der Waals surface area contributed by atoms with E-state index in [1.165, 1.54) is 32.6 Å². The van der Waals surface area contributed by atoms with E-state index in [9.17, 15) is 0 Å². The Labute approximate surface area is 105 Å². The van der Waals surface area contributed by atoms with Crippen molar-refractivity contribution in [1.29, 1.82) is 0 Å². The molecule has 0 aromatic rings. The molecule has 2 saturated heterocycles. The number of rotatable bonds is 4. The van der Waals surface area contributed by atoms with Gasteiger partial charge in [0, 0.05) is 52.4 Å². The van der Waals surface area contributed by atoms with Crippen molar-refractivity contribution in [2.24, 2.45) is 0 Å². The first-order valence-electron chi connectivity index (χ1n) is 6.90. The van der Waals surface area contributed by atoms with E-state index in [4.69, 9.17) is 0 Å². The first kappa shape index (κ1) is 12.9. The van der Waals surface area contributed by atoms with Crippen LogP contribution in [0, 0.1) is 0 Å². The molecule has 1 N–H and O–H groups in total. The van der Waals surface area contributed by atoms with Crippen LogP contribution in [0.3, 0.4) is 0 Å². The summed E-state index contributed by atoms with van der Waals surface area (Å²) >= 11 is 0. The summed E-state index contributed by atoms with van der Waals surface area (Å²) in [6.07, 6.45) is 3.85. The average molecular weight is 238 g/mol. The summed E-state index contributed by atoms with van der Waals surface area (Å²) in [7, 11) is 0. The topological polar surface area (TPSA) is 21.8 Å². The summed E-state index contributed by atoms with van der Waals surface area (Å²) in [5.41, 5.74) is 0. The molecule has 2 heterocycles. The molecule has 0 aromatic carbocycles. The van der Waals surface area contributed by atoms with Gasteiger partial charge in [-0.2, -0.15) is 0 Å². The Kier molecular flexibility index (Phi) is 4.83. The van der Waals surface area contributed by atoms with Gasteiger partial charge in [-0.15, -0.1) is 0 Å². The molecule has 0 radical (unpaired) electrons. The lowest BCUT2D eigenvalue weighted by molar-refractivity contribution is 0.00761. The molecule has 0 amide bonds. The fraction of sp³-hybridized carbons (Fsp3) is 0.846. The minimum atomic E-state index is 0.643. The molecule has 4 heteroatoms. The third kappa shape index (κ3) is 3.21. The molecule has 0 bridgehead atoms. The quantitative estimate of drug-likeness (QED) is 0.765. The largest absolute Gasteiger partial charge is 0.375 e. The third-order valence-corrected chi connectivity index (χ3v) is 3.97. The van der Waals surface area contributed by atoms with Crippen molar-refractivity contribution in [3.63, 3.8) is 0 Å². The minimum Gasteiger partial charge on any atom is -0.375 e. The summed E-state index contributed by atoms with van der Waals surface area (Å²) in [5, 5.41) is 3.43. The van der Waals surface area contributed by atoms with Crippen molar-refractivity contribution in [3.05, 3.63) is 12.8 Å². The van der Waals surface area contributed by atoms with Crippen LogP contribution < -0.4 is 5.32 Å². The lowest BCUT2D eigenvalue weighted by atomic mass is 10.2. The maximum Gasteiger partial charge on any atom is 0.0621 e. The van der Waals surface area contributed by atoms with E-state index in [2.05, 4.69) is 33.5 Å². The van der Waals surface area contributed by atoms with Crippen molar-refractivity contribution >= 4 is 0 Å². The SMILES string of the molecule is C=CN1CCN(C(CC)N2CCNCC2)CC1. The lowest BCUT2D eigenvalue weighted by Gasteiger charge is -2.44. The molecule has 1 unspecified atom stereocenters. The average Bonchev–Trinajstić information content (AvgIpc) is 2.42. The van der Waals surface area contributed by atoms with Crippen LogP contribution in [0.15, 0.2) is 12.8 Å². The van der Waals surface area contributed by atoms with Crippen molar-refractivity contribution in [1.82, 2.24) is 20.0 Å². The molecule has 2 aliphatic rings. The molecule has 98 valence electrons. The van der Waals surface area contributed by atoms with E-state index in [1.807, 2.05) is 6.20 Å². The molecule has 2 aliphatic heterocycles. The second kappa shape index (κ2) is 6.38. The molecule has 2 fully saturated rings. The highest BCUT2D eigenvalue weighted by Crippen LogP contribution is 2.14. The monoisotopic (exact) mass is 238 g/mol.